The highest BCUT2D eigenvalue weighted by molar-refractivity contribution is 6.29. The van der Waals surface area contributed by atoms with E-state index in [0.29, 0.717) is 19.3 Å². The van der Waals surface area contributed by atoms with Gasteiger partial charge in [-0.1, -0.05) is 0 Å². The van der Waals surface area contributed by atoms with Gasteiger partial charge in [0, 0.05) is 11.8 Å². The summed E-state index contributed by atoms with van der Waals surface area (Å²) in [6, 6.07) is -1.18. The van der Waals surface area contributed by atoms with Crippen LogP contribution in [-0.2, 0) is 19.2 Å². The van der Waals surface area contributed by atoms with Crippen LogP contribution in [0.2, 0.25) is 0 Å². The molecule has 0 aromatic carbocycles. The van der Waals surface area contributed by atoms with Gasteiger partial charge in [-0.25, -0.2) is 20.0 Å². The van der Waals surface area contributed by atoms with Crippen molar-refractivity contribution in [1.82, 2.24) is 20.0 Å². The zero-order valence-electron chi connectivity index (χ0n) is 15.3. The molecule has 2 heterocycles. The van der Waals surface area contributed by atoms with Crippen LogP contribution < -0.4 is 0 Å². The number of carbonyl (C=O) groups is 4. The second-order valence-electron chi connectivity index (χ2n) is 7.79. The molecule has 2 aliphatic carbocycles. The smallest absolute Gasteiger partial charge is 0.256 e. The third-order valence-corrected chi connectivity index (χ3v) is 7.60. The van der Waals surface area contributed by atoms with Crippen molar-refractivity contribution in [2.45, 2.75) is 43.4 Å². The number of hydrogen-bond acceptors (Lipinski definition) is 4. The fourth-order valence-corrected chi connectivity index (χ4v) is 6.37. The molecule has 0 N–H and O–H groups in total. The zero-order valence-corrected chi connectivity index (χ0v) is 18.4. The summed E-state index contributed by atoms with van der Waals surface area (Å²) in [5.74, 6) is -2.45. The maximum atomic E-state index is 12.6. The Morgan fingerprint density at radius 3 is 0.966 bits per heavy atom. The van der Waals surface area contributed by atoms with Gasteiger partial charge < -0.3 is 0 Å². The minimum atomic E-state index is -0.372. The number of rotatable bonds is 4. The molecule has 2 bridgehead atoms. The first-order chi connectivity index (χ1) is 13.9. The van der Waals surface area contributed by atoms with E-state index in [4.69, 9.17) is 46.4 Å². The van der Waals surface area contributed by atoms with Gasteiger partial charge in [-0.05, 0) is 19.3 Å². The Kier molecular flexibility index (Phi) is 5.83. The summed E-state index contributed by atoms with van der Waals surface area (Å²) < 4.78 is 0. The van der Waals surface area contributed by atoms with Crippen LogP contribution in [0, 0.1) is 11.8 Å². The summed E-state index contributed by atoms with van der Waals surface area (Å²) >= 11 is 23.3. The Balaban J connectivity index is 1.77. The van der Waals surface area contributed by atoms with E-state index in [1.807, 2.05) is 0 Å². The third-order valence-electron chi connectivity index (χ3n) is 6.69. The van der Waals surface area contributed by atoms with E-state index in [9.17, 15) is 19.2 Å². The van der Waals surface area contributed by atoms with Crippen LogP contribution in [0.3, 0.4) is 0 Å². The van der Waals surface area contributed by atoms with Crippen LogP contribution in [0.5, 0.6) is 0 Å². The molecule has 4 rings (SSSR count). The minimum Gasteiger partial charge on any atom is -0.272 e. The first-order valence-electron chi connectivity index (χ1n) is 9.41. The Morgan fingerprint density at radius 1 is 0.517 bits per heavy atom. The number of hydrogen-bond donors (Lipinski definition) is 0. The minimum absolute atomic E-state index is 0.0471. The third kappa shape index (κ3) is 3.01. The monoisotopic (exact) mass is 484 g/mol. The highest BCUT2D eigenvalue weighted by Crippen LogP contribution is 2.55. The van der Waals surface area contributed by atoms with Gasteiger partial charge >= 0.3 is 0 Å². The lowest BCUT2D eigenvalue weighted by Gasteiger charge is -2.41. The first-order valence-corrected chi connectivity index (χ1v) is 11.5. The Morgan fingerprint density at radius 2 is 0.759 bits per heavy atom. The fraction of sp³-hybridized carbons (Fsp3) is 0.765. The van der Waals surface area contributed by atoms with E-state index in [0.717, 1.165) is 0 Å². The van der Waals surface area contributed by atoms with Crippen LogP contribution in [0.15, 0.2) is 0 Å². The molecule has 12 heteroatoms. The second-order valence-corrected chi connectivity index (χ2v) is 8.86. The van der Waals surface area contributed by atoms with Crippen molar-refractivity contribution < 1.29 is 19.2 Å². The number of hydrazine groups is 2. The predicted molar refractivity (Wildman–Crippen MR) is 106 cm³/mol. The van der Waals surface area contributed by atoms with Gasteiger partial charge in [0.25, 0.3) is 23.6 Å². The molecular formula is C17H20Cl4N4O4. The van der Waals surface area contributed by atoms with Gasteiger partial charge in [0.2, 0.25) is 0 Å². The Hall–Kier alpha value is -0.960. The molecule has 4 amide bonds. The average Bonchev–Trinajstić information content (AvgIpc) is 3.28. The van der Waals surface area contributed by atoms with Crippen molar-refractivity contribution in [3.8, 4) is 0 Å². The van der Waals surface area contributed by atoms with E-state index < -0.39 is 0 Å². The molecule has 4 aliphatic rings. The number of carbonyl (C=O) groups excluding carboxylic acids is 4. The molecule has 160 valence electrons. The van der Waals surface area contributed by atoms with Crippen LogP contribution in [0.25, 0.3) is 0 Å². The van der Waals surface area contributed by atoms with Gasteiger partial charge in [-0.3, -0.25) is 19.2 Å². The lowest BCUT2D eigenvalue weighted by Crippen LogP contribution is -2.56. The van der Waals surface area contributed by atoms with Crippen molar-refractivity contribution in [3.05, 3.63) is 0 Å². The molecule has 0 aromatic rings. The topological polar surface area (TPSA) is 81.2 Å². The maximum Gasteiger partial charge on any atom is 0.256 e. The number of alkyl halides is 4. The Bertz CT molecular complexity index is 639. The summed E-state index contributed by atoms with van der Waals surface area (Å²) in [5, 5.41) is 5.78. The number of halogens is 4. The quantitative estimate of drug-likeness (QED) is 0.556. The van der Waals surface area contributed by atoms with E-state index >= 15 is 0 Å². The molecule has 2 unspecified atom stereocenters. The molecule has 0 spiro atoms. The normalized spacial score (nSPS) is 34.6. The van der Waals surface area contributed by atoms with Gasteiger partial charge in [-0.15, -0.1) is 46.4 Å². The molecule has 8 nitrogen and oxygen atoms in total. The highest BCUT2D eigenvalue weighted by Gasteiger charge is 2.65. The lowest BCUT2D eigenvalue weighted by atomic mass is 9.65. The van der Waals surface area contributed by atoms with E-state index in [1.165, 1.54) is 20.0 Å². The number of amides is 4. The van der Waals surface area contributed by atoms with Gasteiger partial charge in [0.1, 0.15) is 23.5 Å². The summed E-state index contributed by atoms with van der Waals surface area (Å²) in [7, 11) is 0. The first kappa shape index (κ1) is 21.3. The van der Waals surface area contributed by atoms with Crippen LogP contribution in [-0.4, -0.2) is 91.4 Å². The largest absolute Gasteiger partial charge is 0.272 e. The second kappa shape index (κ2) is 7.94. The molecule has 2 saturated carbocycles. The SMILES string of the molecule is O=C(CCl)N1[C@@H]2C[C@H]3C4CC2[C@H](C[C@H]4N(C(=O)CCl)N3C(=O)CCl)N1C(=O)CCl. The number of nitrogens with zero attached hydrogens (tertiary/aromatic N) is 4. The molecule has 29 heavy (non-hydrogen) atoms. The molecule has 4 fully saturated rings. The van der Waals surface area contributed by atoms with Crippen molar-refractivity contribution >= 4 is 70.0 Å². The zero-order chi connectivity index (χ0) is 21.0. The van der Waals surface area contributed by atoms with E-state index in [2.05, 4.69) is 0 Å². The van der Waals surface area contributed by atoms with Crippen molar-refractivity contribution in [2.24, 2.45) is 11.8 Å². The van der Waals surface area contributed by atoms with Gasteiger partial charge in [0.15, 0.2) is 0 Å². The highest BCUT2D eigenvalue weighted by atomic mass is 35.5. The van der Waals surface area contributed by atoms with E-state index in [1.54, 1.807) is 0 Å². The van der Waals surface area contributed by atoms with E-state index in [-0.39, 0.29) is 83.2 Å². The van der Waals surface area contributed by atoms with Crippen LogP contribution in [0.1, 0.15) is 19.3 Å². The summed E-state index contributed by atoms with van der Waals surface area (Å²) in [6.45, 7) is 0. The molecular weight excluding hydrogens is 466 g/mol. The molecule has 0 radical (unpaired) electrons. The standard InChI is InChI=1S/C17H20Cl4N4O4/c18-4-14(26)22-10-2-11-9-1-8(10)12(24(22)16(28)6-20)3-13(9)25(17(29)7-21)23(11)15(27)5-19/h8-13H,1-7H2/t8?,9?,10-,11+,12+,13-. The Labute approximate surface area is 187 Å². The molecule has 6 atom stereocenters. The van der Waals surface area contributed by atoms with Gasteiger partial charge in [0.05, 0.1) is 24.2 Å². The predicted octanol–water partition coefficient (Wildman–Crippen LogP) is 1.02. The lowest BCUT2D eigenvalue weighted by molar-refractivity contribution is -0.169. The van der Waals surface area contributed by atoms with Crippen molar-refractivity contribution in [1.29, 1.82) is 0 Å². The fourth-order valence-electron chi connectivity index (χ4n) is 5.88. The summed E-state index contributed by atoms with van der Waals surface area (Å²) in [6.07, 6.45) is 1.55. The van der Waals surface area contributed by atoms with Gasteiger partial charge in [-0.2, -0.15) is 0 Å². The van der Waals surface area contributed by atoms with Crippen LogP contribution >= 0.6 is 46.4 Å². The van der Waals surface area contributed by atoms with Crippen molar-refractivity contribution in [3.63, 3.8) is 0 Å². The summed E-state index contributed by atoms with van der Waals surface area (Å²) in [5.41, 5.74) is 0. The molecule has 2 aliphatic heterocycles. The van der Waals surface area contributed by atoms with Crippen molar-refractivity contribution in [2.75, 3.05) is 23.5 Å². The summed E-state index contributed by atoms with van der Waals surface area (Å²) in [4.78, 5) is 50.6. The van der Waals surface area contributed by atoms with Crippen LogP contribution in [0.4, 0.5) is 0 Å². The molecule has 0 aromatic heterocycles. The molecule has 2 saturated heterocycles. The maximum absolute atomic E-state index is 12.6. The average molecular weight is 486 g/mol.